The Bertz CT molecular complexity index is 186. The van der Waals surface area contributed by atoms with E-state index in [0.717, 1.165) is 39.0 Å². The summed E-state index contributed by atoms with van der Waals surface area (Å²) in [5, 5.41) is 2.85. The Labute approximate surface area is 93.5 Å². The predicted octanol–water partition coefficient (Wildman–Crippen LogP) is 1.80. The van der Waals surface area contributed by atoms with Crippen molar-refractivity contribution in [1.82, 2.24) is 10.2 Å². The first-order chi connectivity index (χ1) is 7.24. The van der Waals surface area contributed by atoms with Crippen LogP contribution in [0, 0.1) is 0 Å². The topological polar surface area (TPSA) is 32.3 Å². The van der Waals surface area contributed by atoms with Crippen molar-refractivity contribution >= 4 is 5.91 Å². The fraction of sp³-hybridized carbons (Fsp3) is 0.750. The molecule has 0 aliphatic rings. The number of unbranched alkanes of at least 4 members (excludes halogenated alkanes) is 1. The van der Waals surface area contributed by atoms with Gasteiger partial charge >= 0.3 is 0 Å². The molecule has 1 amide bonds. The van der Waals surface area contributed by atoms with E-state index in [-0.39, 0.29) is 5.91 Å². The van der Waals surface area contributed by atoms with Crippen molar-refractivity contribution in [2.24, 2.45) is 0 Å². The van der Waals surface area contributed by atoms with Crippen molar-refractivity contribution in [3.05, 3.63) is 12.2 Å². The summed E-state index contributed by atoms with van der Waals surface area (Å²) in [5.74, 6) is 0.0142. The third-order valence-corrected chi connectivity index (χ3v) is 2.41. The third-order valence-electron chi connectivity index (χ3n) is 2.41. The van der Waals surface area contributed by atoms with E-state index in [9.17, 15) is 4.79 Å². The first-order valence-electron chi connectivity index (χ1n) is 5.87. The maximum Gasteiger partial charge on any atom is 0.243 e. The van der Waals surface area contributed by atoms with Gasteiger partial charge in [-0.15, -0.1) is 0 Å². The highest BCUT2D eigenvalue weighted by molar-refractivity contribution is 5.87. The molecule has 88 valence electrons. The van der Waals surface area contributed by atoms with E-state index in [4.69, 9.17) is 0 Å². The number of carbonyl (C=O) groups excluding carboxylic acids is 1. The molecule has 0 aromatic rings. The average molecular weight is 212 g/mol. The summed E-state index contributed by atoms with van der Waals surface area (Å²) in [5.41, 5.74) is 0. The maximum atomic E-state index is 11.0. The molecule has 0 saturated heterocycles. The Morgan fingerprint density at radius 1 is 1.27 bits per heavy atom. The minimum atomic E-state index is 0.0142. The second kappa shape index (κ2) is 9.71. The molecule has 0 unspecified atom stereocenters. The number of nitrogens with one attached hydrogen (secondary N) is 1. The summed E-state index contributed by atoms with van der Waals surface area (Å²) in [7, 11) is 0. The monoisotopic (exact) mass is 212 g/mol. The lowest BCUT2D eigenvalue weighted by Gasteiger charge is -2.17. The molecule has 0 spiro atoms. The van der Waals surface area contributed by atoms with Crippen LogP contribution in [0.2, 0.25) is 0 Å². The molecule has 0 bridgehead atoms. The standard InChI is InChI=1S/C12H24N2O/c1-4-9-12(15)13-10-7-8-11-14(5-2)6-3/h4,9H,5-8,10-11H2,1-3H3,(H,13,15)/b9-4+. The first kappa shape index (κ1) is 14.2. The number of hydrogen-bond donors (Lipinski definition) is 1. The quantitative estimate of drug-likeness (QED) is 0.491. The second-order valence-electron chi connectivity index (χ2n) is 3.53. The Morgan fingerprint density at radius 3 is 2.47 bits per heavy atom. The van der Waals surface area contributed by atoms with Crippen molar-refractivity contribution in [2.75, 3.05) is 26.2 Å². The molecule has 0 saturated carbocycles. The average Bonchev–Trinajstić information content (AvgIpc) is 2.24. The normalized spacial score (nSPS) is 11.2. The van der Waals surface area contributed by atoms with Gasteiger partial charge in [-0.25, -0.2) is 0 Å². The fourth-order valence-corrected chi connectivity index (χ4v) is 1.42. The van der Waals surface area contributed by atoms with Crippen LogP contribution < -0.4 is 5.32 Å². The number of allylic oxidation sites excluding steroid dienone is 1. The van der Waals surface area contributed by atoms with Gasteiger partial charge < -0.3 is 10.2 Å². The molecule has 3 nitrogen and oxygen atoms in total. The van der Waals surface area contributed by atoms with Crippen LogP contribution in [0.4, 0.5) is 0 Å². The lowest BCUT2D eigenvalue weighted by atomic mass is 10.3. The number of rotatable bonds is 8. The number of carbonyl (C=O) groups is 1. The Balaban J connectivity index is 3.35. The fourth-order valence-electron chi connectivity index (χ4n) is 1.42. The van der Waals surface area contributed by atoms with Gasteiger partial charge in [-0.3, -0.25) is 4.79 Å². The lowest BCUT2D eigenvalue weighted by molar-refractivity contribution is -0.116. The summed E-state index contributed by atoms with van der Waals surface area (Å²) < 4.78 is 0. The molecule has 0 fully saturated rings. The summed E-state index contributed by atoms with van der Waals surface area (Å²) in [6, 6.07) is 0. The number of amides is 1. The van der Waals surface area contributed by atoms with E-state index in [1.807, 2.05) is 6.92 Å². The van der Waals surface area contributed by atoms with E-state index in [0.29, 0.717) is 0 Å². The highest BCUT2D eigenvalue weighted by Crippen LogP contribution is 1.93. The van der Waals surface area contributed by atoms with Gasteiger partial charge in [-0.05, 0) is 45.5 Å². The summed E-state index contributed by atoms with van der Waals surface area (Å²) in [4.78, 5) is 13.4. The summed E-state index contributed by atoms with van der Waals surface area (Å²) >= 11 is 0. The van der Waals surface area contributed by atoms with Gasteiger partial charge in [0.25, 0.3) is 0 Å². The van der Waals surface area contributed by atoms with Crippen molar-refractivity contribution < 1.29 is 4.79 Å². The zero-order chi connectivity index (χ0) is 11.5. The maximum absolute atomic E-state index is 11.0. The number of hydrogen-bond acceptors (Lipinski definition) is 2. The van der Waals surface area contributed by atoms with Crippen LogP contribution >= 0.6 is 0 Å². The van der Waals surface area contributed by atoms with Crippen LogP contribution in [-0.4, -0.2) is 37.0 Å². The van der Waals surface area contributed by atoms with Crippen molar-refractivity contribution in [3.8, 4) is 0 Å². The van der Waals surface area contributed by atoms with Crippen molar-refractivity contribution in [2.45, 2.75) is 33.6 Å². The molecular formula is C12H24N2O. The van der Waals surface area contributed by atoms with Gasteiger partial charge in [0.2, 0.25) is 5.91 Å². The minimum Gasteiger partial charge on any atom is -0.353 e. The van der Waals surface area contributed by atoms with Crippen LogP contribution in [0.1, 0.15) is 33.6 Å². The van der Waals surface area contributed by atoms with E-state index < -0.39 is 0 Å². The van der Waals surface area contributed by atoms with E-state index in [2.05, 4.69) is 24.1 Å². The van der Waals surface area contributed by atoms with Gasteiger partial charge in [-0.1, -0.05) is 19.9 Å². The molecule has 15 heavy (non-hydrogen) atoms. The van der Waals surface area contributed by atoms with E-state index in [1.165, 1.54) is 0 Å². The SMILES string of the molecule is C/C=C/C(=O)NCCCCN(CC)CC. The van der Waals surface area contributed by atoms with Crippen LogP contribution in [0.3, 0.4) is 0 Å². The smallest absolute Gasteiger partial charge is 0.243 e. The molecule has 0 aliphatic heterocycles. The first-order valence-corrected chi connectivity index (χ1v) is 5.87. The minimum absolute atomic E-state index is 0.0142. The van der Waals surface area contributed by atoms with Gasteiger partial charge in [-0.2, -0.15) is 0 Å². The van der Waals surface area contributed by atoms with Gasteiger partial charge in [0.15, 0.2) is 0 Å². The highest BCUT2D eigenvalue weighted by atomic mass is 16.1. The van der Waals surface area contributed by atoms with E-state index >= 15 is 0 Å². The van der Waals surface area contributed by atoms with Crippen LogP contribution in [-0.2, 0) is 4.79 Å². The van der Waals surface area contributed by atoms with Crippen LogP contribution in [0.5, 0.6) is 0 Å². The molecule has 3 heteroatoms. The Hall–Kier alpha value is -0.830. The van der Waals surface area contributed by atoms with Gasteiger partial charge in [0, 0.05) is 6.54 Å². The van der Waals surface area contributed by atoms with E-state index in [1.54, 1.807) is 12.2 Å². The van der Waals surface area contributed by atoms with Crippen molar-refractivity contribution in [1.29, 1.82) is 0 Å². The molecule has 1 N–H and O–H groups in total. The molecule has 0 radical (unpaired) electrons. The molecule has 0 aromatic heterocycles. The lowest BCUT2D eigenvalue weighted by Crippen LogP contribution is -2.26. The summed E-state index contributed by atoms with van der Waals surface area (Å²) in [6.45, 7) is 10.3. The zero-order valence-corrected chi connectivity index (χ0v) is 10.3. The van der Waals surface area contributed by atoms with Crippen molar-refractivity contribution in [3.63, 3.8) is 0 Å². The number of nitrogens with zero attached hydrogens (tertiary/aromatic N) is 1. The summed E-state index contributed by atoms with van der Waals surface area (Å²) in [6.07, 6.45) is 5.52. The second-order valence-corrected chi connectivity index (χ2v) is 3.53. The Kier molecular flexibility index (Phi) is 9.18. The van der Waals surface area contributed by atoms with Gasteiger partial charge in [0.1, 0.15) is 0 Å². The van der Waals surface area contributed by atoms with Gasteiger partial charge in [0.05, 0.1) is 0 Å². The molecule has 0 heterocycles. The molecule has 0 atom stereocenters. The third kappa shape index (κ3) is 8.18. The molecule has 0 aliphatic carbocycles. The van der Waals surface area contributed by atoms with Crippen LogP contribution in [0.25, 0.3) is 0 Å². The molecule has 0 aromatic carbocycles. The predicted molar refractivity (Wildman–Crippen MR) is 64.8 cm³/mol. The largest absolute Gasteiger partial charge is 0.353 e. The molecule has 0 rings (SSSR count). The van der Waals surface area contributed by atoms with Crippen LogP contribution in [0.15, 0.2) is 12.2 Å². The zero-order valence-electron chi connectivity index (χ0n) is 10.3. The highest BCUT2D eigenvalue weighted by Gasteiger charge is 1.98. The Morgan fingerprint density at radius 2 is 1.93 bits per heavy atom. The molecular weight excluding hydrogens is 188 g/mol.